The number of hydrogen-bond donors (Lipinski definition) is 1. The van der Waals surface area contributed by atoms with Gasteiger partial charge in [0.2, 0.25) is 11.8 Å². The maximum atomic E-state index is 13.8. The third kappa shape index (κ3) is 2.04. The van der Waals surface area contributed by atoms with Crippen molar-refractivity contribution in [1.29, 1.82) is 0 Å². The van der Waals surface area contributed by atoms with Crippen molar-refractivity contribution in [3.05, 3.63) is 101 Å². The van der Waals surface area contributed by atoms with Crippen molar-refractivity contribution in [3.63, 3.8) is 0 Å². The van der Waals surface area contributed by atoms with Crippen LogP contribution in [0.4, 0.5) is 5.69 Å². The fourth-order valence-electron chi connectivity index (χ4n) is 6.06. The SMILES string of the molecule is O=CC12c3ccccc3C(c3ccccc31)[C@@H]1C(=O)N(c3cccc(C(=O)O)c3)C(=O)[C@@H]12. The summed E-state index contributed by atoms with van der Waals surface area (Å²) in [5, 5.41) is 9.37. The Labute approximate surface area is 183 Å². The second-order valence-corrected chi connectivity index (χ2v) is 8.51. The summed E-state index contributed by atoms with van der Waals surface area (Å²) in [7, 11) is 0. The third-order valence-corrected chi connectivity index (χ3v) is 7.22. The lowest BCUT2D eigenvalue weighted by molar-refractivity contribution is -0.128. The molecule has 0 unspecified atom stereocenters. The number of carbonyl (C=O) groups is 4. The molecule has 32 heavy (non-hydrogen) atoms. The second-order valence-electron chi connectivity index (χ2n) is 8.51. The molecule has 0 spiro atoms. The Morgan fingerprint density at radius 3 is 2.09 bits per heavy atom. The molecule has 3 aromatic carbocycles. The first-order chi connectivity index (χ1) is 15.5. The predicted molar refractivity (Wildman–Crippen MR) is 114 cm³/mol. The first kappa shape index (κ1) is 18.7. The lowest BCUT2D eigenvalue weighted by Crippen LogP contribution is -2.54. The van der Waals surface area contributed by atoms with Gasteiger partial charge in [0.25, 0.3) is 0 Å². The molecule has 6 heteroatoms. The van der Waals surface area contributed by atoms with Crippen LogP contribution in [-0.4, -0.2) is 29.2 Å². The minimum absolute atomic E-state index is 0.0161. The zero-order chi connectivity index (χ0) is 22.2. The molecule has 6 nitrogen and oxygen atoms in total. The van der Waals surface area contributed by atoms with E-state index in [-0.39, 0.29) is 17.2 Å². The molecule has 1 N–H and O–H groups in total. The largest absolute Gasteiger partial charge is 0.478 e. The number of benzene rings is 3. The van der Waals surface area contributed by atoms with Crippen LogP contribution < -0.4 is 4.90 Å². The van der Waals surface area contributed by atoms with E-state index in [4.69, 9.17) is 0 Å². The van der Waals surface area contributed by atoms with Crippen molar-refractivity contribution in [2.24, 2.45) is 11.8 Å². The summed E-state index contributed by atoms with van der Waals surface area (Å²) in [4.78, 5) is 53.0. The molecule has 0 aromatic heterocycles. The van der Waals surface area contributed by atoms with E-state index in [0.717, 1.165) is 33.4 Å². The van der Waals surface area contributed by atoms with Crippen LogP contribution >= 0.6 is 0 Å². The molecule has 2 amide bonds. The molecule has 1 fully saturated rings. The number of hydrogen-bond acceptors (Lipinski definition) is 4. The normalized spacial score (nSPS) is 27.0. The summed E-state index contributed by atoms with van der Waals surface area (Å²) in [6, 6.07) is 20.8. The number of anilines is 1. The number of carboxylic acid groups (broad SMARTS) is 1. The van der Waals surface area contributed by atoms with Crippen LogP contribution in [0.1, 0.15) is 38.5 Å². The van der Waals surface area contributed by atoms with E-state index >= 15 is 0 Å². The molecule has 156 valence electrons. The smallest absolute Gasteiger partial charge is 0.335 e. The van der Waals surface area contributed by atoms with Gasteiger partial charge in [0.15, 0.2) is 0 Å². The Morgan fingerprint density at radius 1 is 0.875 bits per heavy atom. The highest BCUT2D eigenvalue weighted by molar-refractivity contribution is 6.25. The molecule has 0 radical (unpaired) electrons. The van der Waals surface area contributed by atoms with Gasteiger partial charge in [-0.3, -0.25) is 9.59 Å². The Hall–Kier alpha value is -4.06. The van der Waals surface area contributed by atoms with E-state index in [0.29, 0.717) is 0 Å². The number of rotatable bonds is 3. The molecule has 1 saturated heterocycles. The van der Waals surface area contributed by atoms with Crippen LogP contribution in [-0.2, 0) is 19.8 Å². The average molecular weight is 423 g/mol. The Morgan fingerprint density at radius 2 is 1.50 bits per heavy atom. The van der Waals surface area contributed by atoms with Crippen LogP contribution in [0.5, 0.6) is 0 Å². The van der Waals surface area contributed by atoms with Crippen LogP contribution in [0.25, 0.3) is 0 Å². The van der Waals surface area contributed by atoms with Gasteiger partial charge in [-0.15, -0.1) is 0 Å². The maximum Gasteiger partial charge on any atom is 0.335 e. The highest BCUT2D eigenvalue weighted by Crippen LogP contribution is 2.63. The summed E-state index contributed by atoms with van der Waals surface area (Å²) >= 11 is 0. The van der Waals surface area contributed by atoms with Crippen LogP contribution in [0, 0.1) is 11.8 Å². The van der Waals surface area contributed by atoms with Gasteiger partial charge >= 0.3 is 5.97 Å². The first-order valence-corrected chi connectivity index (χ1v) is 10.4. The summed E-state index contributed by atoms with van der Waals surface area (Å²) in [5.74, 6) is -3.97. The lowest BCUT2D eigenvalue weighted by Gasteiger charge is -2.51. The third-order valence-electron chi connectivity index (χ3n) is 7.22. The number of aldehydes is 1. The molecular formula is C26H17NO5. The first-order valence-electron chi connectivity index (χ1n) is 10.4. The summed E-state index contributed by atoms with van der Waals surface area (Å²) in [6.07, 6.45) is 0.820. The van der Waals surface area contributed by atoms with Crippen molar-refractivity contribution in [3.8, 4) is 0 Å². The molecule has 7 rings (SSSR count). The van der Waals surface area contributed by atoms with Gasteiger partial charge in [0.1, 0.15) is 6.29 Å². The molecule has 3 aromatic rings. The van der Waals surface area contributed by atoms with Crippen LogP contribution in [0.2, 0.25) is 0 Å². The Balaban J connectivity index is 1.61. The van der Waals surface area contributed by atoms with Gasteiger partial charge in [0.05, 0.1) is 28.5 Å². The van der Waals surface area contributed by atoms with Crippen molar-refractivity contribution in [2.75, 3.05) is 4.90 Å². The van der Waals surface area contributed by atoms with E-state index < -0.39 is 35.0 Å². The van der Waals surface area contributed by atoms with Crippen LogP contribution in [0.3, 0.4) is 0 Å². The monoisotopic (exact) mass is 423 g/mol. The minimum atomic E-state index is -1.27. The Kier molecular flexibility index (Phi) is 3.64. The summed E-state index contributed by atoms with van der Waals surface area (Å²) in [6.45, 7) is 0. The molecule has 2 bridgehead atoms. The number of carbonyl (C=O) groups excluding carboxylic acids is 3. The molecule has 2 atom stereocenters. The maximum absolute atomic E-state index is 13.8. The zero-order valence-electron chi connectivity index (χ0n) is 16.8. The van der Waals surface area contributed by atoms with E-state index in [9.17, 15) is 24.3 Å². The van der Waals surface area contributed by atoms with Gasteiger partial charge in [-0.2, -0.15) is 0 Å². The molecular weight excluding hydrogens is 406 g/mol. The number of imide groups is 1. The fourth-order valence-corrected chi connectivity index (χ4v) is 6.06. The molecule has 1 heterocycles. The number of nitrogens with zero attached hydrogens (tertiary/aromatic N) is 1. The molecule has 1 aliphatic heterocycles. The van der Waals surface area contributed by atoms with Crippen molar-refractivity contribution in [2.45, 2.75) is 11.3 Å². The fraction of sp³-hybridized carbons (Fsp3) is 0.154. The van der Waals surface area contributed by atoms with E-state index in [2.05, 4.69) is 0 Å². The second kappa shape index (κ2) is 6.23. The lowest BCUT2D eigenvalue weighted by atomic mass is 9.48. The number of aromatic carboxylic acids is 1. The Bertz CT molecular complexity index is 1310. The van der Waals surface area contributed by atoms with Crippen LogP contribution in [0.15, 0.2) is 72.8 Å². The average Bonchev–Trinajstić information content (AvgIpc) is 3.10. The predicted octanol–water partition coefficient (Wildman–Crippen LogP) is 3.13. The quantitative estimate of drug-likeness (QED) is 0.516. The van der Waals surface area contributed by atoms with Crippen molar-refractivity contribution < 1.29 is 24.3 Å². The topological polar surface area (TPSA) is 91.8 Å². The van der Waals surface area contributed by atoms with Gasteiger partial charge < -0.3 is 9.90 Å². The zero-order valence-corrected chi connectivity index (χ0v) is 16.8. The van der Waals surface area contributed by atoms with E-state index in [1.165, 1.54) is 18.2 Å². The summed E-state index contributed by atoms with van der Waals surface area (Å²) in [5.41, 5.74) is 2.24. The summed E-state index contributed by atoms with van der Waals surface area (Å²) < 4.78 is 0. The highest BCUT2D eigenvalue weighted by Gasteiger charge is 2.68. The van der Waals surface area contributed by atoms with Crippen molar-refractivity contribution in [1.82, 2.24) is 0 Å². The minimum Gasteiger partial charge on any atom is -0.478 e. The number of amides is 2. The van der Waals surface area contributed by atoms with E-state index in [1.807, 2.05) is 48.5 Å². The van der Waals surface area contributed by atoms with Gasteiger partial charge in [-0.1, -0.05) is 54.6 Å². The molecule has 4 aliphatic rings. The molecule has 0 saturated carbocycles. The standard InChI is InChI=1S/C26H17NO5/c28-13-26-18-10-3-1-8-16(18)20(17-9-2-4-11-19(17)26)21-22(26)24(30)27(23(21)29)15-7-5-6-14(12-15)25(31)32/h1-13,20-22H,(H,31,32)/t20?,21-,22+,26?/m0/s1. The van der Waals surface area contributed by atoms with Gasteiger partial charge in [-0.25, -0.2) is 9.69 Å². The van der Waals surface area contributed by atoms with Crippen molar-refractivity contribution >= 4 is 29.8 Å². The molecule has 3 aliphatic carbocycles. The highest BCUT2D eigenvalue weighted by atomic mass is 16.4. The number of carboxylic acids is 1. The van der Waals surface area contributed by atoms with Gasteiger partial charge in [0, 0.05) is 5.92 Å². The van der Waals surface area contributed by atoms with E-state index in [1.54, 1.807) is 6.07 Å². The van der Waals surface area contributed by atoms with Gasteiger partial charge in [-0.05, 0) is 40.5 Å².